The number of rotatable bonds is 7. The fraction of sp³-hybridized carbons (Fsp3) is 1.00. The van der Waals surface area contributed by atoms with E-state index in [0.717, 1.165) is 12.1 Å². The maximum Gasteiger partial charge on any atom is 0.0223 e. The third-order valence-electron chi connectivity index (χ3n) is 3.94. The quantitative estimate of drug-likeness (QED) is 0.718. The van der Waals surface area contributed by atoms with Gasteiger partial charge in [-0.15, -0.1) is 0 Å². The molecule has 1 aliphatic heterocycles. The molecule has 1 aliphatic rings. The van der Waals surface area contributed by atoms with E-state index in [0.29, 0.717) is 0 Å². The van der Waals surface area contributed by atoms with Crippen LogP contribution in [0, 0.1) is 0 Å². The Bertz CT molecular complexity index is 164. The Morgan fingerprint density at radius 3 is 2.62 bits per heavy atom. The summed E-state index contributed by atoms with van der Waals surface area (Å²) in [4.78, 5) is 2.75. The Morgan fingerprint density at radius 1 is 1.31 bits per heavy atom. The van der Waals surface area contributed by atoms with Gasteiger partial charge in [-0.3, -0.25) is 4.90 Å². The number of unbranched alkanes of at least 4 members (excludes halogenated alkanes) is 1. The fourth-order valence-corrected chi connectivity index (χ4v) is 2.98. The maximum atomic E-state index is 3.54. The van der Waals surface area contributed by atoms with E-state index in [-0.39, 0.29) is 0 Å². The van der Waals surface area contributed by atoms with Gasteiger partial charge < -0.3 is 5.32 Å². The van der Waals surface area contributed by atoms with Crippen LogP contribution < -0.4 is 5.32 Å². The molecule has 0 amide bonds. The van der Waals surface area contributed by atoms with E-state index in [1.807, 2.05) is 0 Å². The Labute approximate surface area is 102 Å². The first-order valence-electron chi connectivity index (χ1n) is 7.29. The summed E-state index contributed by atoms with van der Waals surface area (Å²) < 4.78 is 0. The van der Waals surface area contributed by atoms with Gasteiger partial charge in [0.05, 0.1) is 0 Å². The van der Waals surface area contributed by atoms with Crippen LogP contribution >= 0.6 is 0 Å². The van der Waals surface area contributed by atoms with Crippen LogP contribution in [0.15, 0.2) is 0 Å². The molecule has 0 aliphatic carbocycles. The highest BCUT2D eigenvalue weighted by atomic mass is 15.2. The van der Waals surface area contributed by atoms with Crippen LogP contribution in [0.2, 0.25) is 0 Å². The van der Waals surface area contributed by atoms with E-state index >= 15 is 0 Å². The number of piperidine rings is 1. The topological polar surface area (TPSA) is 15.3 Å². The molecule has 16 heavy (non-hydrogen) atoms. The monoisotopic (exact) mass is 226 g/mol. The molecule has 1 heterocycles. The van der Waals surface area contributed by atoms with E-state index in [1.165, 1.54) is 58.2 Å². The van der Waals surface area contributed by atoms with Crippen LogP contribution in [-0.2, 0) is 0 Å². The van der Waals surface area contributed by atoms with Crippen LogP contribution in [0.1, 0.15) is 59.3 Å². The van der Waals surface area contributed by atoms with E-state index in [4.69, 9.17) is 0 Å². The average Bonchev–Trinajstić information content (AvgIpc) is 2.35. The van der Waals surface area contributed by atoms with Crippen molar-refractivity contribution < 1.29 is 0 Å². The molecular formula is C14H30N2. The molecule has 1 saturated heterocycles. The molecule has 0 spiro atoms. The van der Waals surface area contributed by atoms with Crippen LogP contribution in [0.3, 0.4) is 0 Å². The molecule has 1 rings (SSSR count). The van der Waals surface area contributed by atoms with Gasteiger partial charge in [-0.25, -0.2) is 0 Å². The van der Waals surface area contributed by atoms with Gasteiger partial charge in [0.1, 0.15) is 0 Å². The first kappa shape index (κ1) is 14.0. The summed E-state index contributed by atoms with van der Waals surface area (Å²) in [5.74, 6) is 0. The number of nitrogens with zero attached hydrogens (tertiary/aromatic N) is 1. The third kappa shape index (κ3) is 4.06. The zero-order valence-corrected chi connectivity index (χ0v) is 11.5. The predicted octanol–water partition coefficient (Wildman–Crippen LogP) is 3.03. The third-order valence-corrected chi connectivity index (χ3v) is 3.94. The maximum absolute atomic E-state index is 3.54. The number of likely N-dealkylation sites (N-methyl/N-ethyl adjacent to an activating group) is 1. The lowest BCUT2D eigenvalue weighted by Crippen LogP contribution is -2.50. The molecule has 0 aromatic carbocycles. The molecule has 0 radical (unpaired) electrons. The highest BCUT2D eigenvalue weighted by molar-refractivity contribution is 4.82. The summed E-state index contributed by atoms with van der Waals surface area (Å²) in [6, 6.07) is 1.61. The minimum absolute atomic E-state index is 0.792. The highest BCUT2D eigenvalue weighted by Crippen LogP contribution is 2.19. The molecule has 2 unspecified atom stereocenters. The smallest absolute Gasteiger partial charge is 0.0223 e. The summed E-state index contributed by atoms with van der Waals surface area (Å²) in [6.07, 6.45) is 8.16. The molecular weight excluding hydrogens is 196 g/mol. The van der Waals surface area contributed by atoms with Crippen LogP contribution in [0.25, 0.3) is 0 Å². The van der Waals surface area contributed by atoms with Crippen LogP contribution in [0.5, 0.6) is 0 Å². The zero-order chi connectivity index (χ0) is 11.8. The minimum Gasteiger partial charge on any atom is -0.315 e. The van der Waals surface area contributed by atoms with Crippen LogP contribution in [0.4, 0.5) is 0 Å². The first-order valence-corrected chi connectivity index (χ1v) is 7.29. The highest BCUT2D eigenvalue weighted by Gasteiger charge is 2.24. The van der Waals surface area contributed by atoms with Crippen molar-refractivity contribution in [1.29, 1.82) is 0 Å². The summed E-state index contributed by atoms with van der Waals surface area (Å²) in [7, 11) is 0. The standard InChI is InChI=1S/C14H30N2/c1-4-7-9-13(5-2)16(6-3)14-10-8-11-15-12-14/h13-15H,4-12H2,1-3H3. The molecule has 2 heteroatoms. The van der Waals surface area contributed by atoms with Crippen molar-refractivity contribution in [3.8, 4) is 0 Å². The second kappa shape index (κ2) is 8.08. The molecule has 0 bridgehead atoms. The van der Waals surface area contributed by atoms with Gasteiger partial charge in [0, 0.05) is 18.6 Å². The van der Waals surface area contributed by atoms with Gasteiger partial charge in [-0.05, 0) is 38.8 Å². The van der Waals surface area contributed by atoms with Gasteiger partial charge in [0.2, 0.25) is 0 Å². The van der Waals surface area contributed by atoms with E-state index < -0.39 is 0 Å². The molecule has 96 valence electrons. The van der Waals surface area contributed by atoms with Gasteiger partial charge in [-0.2, -0.15) is 0 Å². The van der Waals surface area contributed by atoms with Crippen molar-refractivity contribution >= 4 is 0 Å². The Morgan fingerprint density at radius 2 is 2.12 bits per heavy atom. The average molecular weight is 226 g/mol. The normalized spacial score (nSPS) is 23.6. The van der Waals surface area contributed by atoms with E-state index in [2.05, 4.69) is 31.0 Å². The van der Waals surface area contributed by atoms with Crippen molar-refractivity contribution in [1.82, 2.24) is 10.2 Å². The number of hydrogen-bond donors (Lipinski definition) is 1. The fourth-order valence-electron chi connectivity index (χ4n) is 2.98. The van der Waals surface area contributed by atoms with Gasteiger partial charge in [-0.1, -0.05) is 33.6 Å². The largest absolute Gasteiger partial charge is 0.315 e. The Hall–Kier alpha value is -0.0800. The predicted molar refractivity (Wildman–Crippen MR) is 71.9 cm³/mol. The number of nitrogens with one attached hydrogen (secondary N) is 1. The first-order chi connectivity index (χ1) is 7.83. The second-order valence-electron chi connectivity index (χ2n) is 5.03. The SMILES string of the molecule is CCCCC(CC)N(CC)C1CCCNC1. The van der Waals surface area contributed by atoms with Crippen molar-refractivity contribution in [3.05, 3.63) is 0 Å². The Balaban J connectivity index is 2.47. The molecule has 2 atom stereocenters. The zero-order valence-electron chi connectivity index (χ0n) is 11.5. The summed E-state index contributed by atoms with van der Waals surface area (Å²) in [5.41, 5.74) is 0. The second-order valence-corrected chi connectivity index (χ2v) is 5.03. The van der Waals surface area contributed by atoms with Crippen molar-refractivity contribution in [2.45, 2.75) is 71.4 Å². The lowest BCUT2D eigenvalue weighted by atomic mass is 9.99. The van der Waals surface area contributed by atoms with Crippen molar-refractivity contribution in [2.75, 3.05) is 19.6 Å². The minimum atomic E-state index is 0.792. The Kier molecular flexibility index (Phi) is 7.06. The molecule has 1 N–H and O–H groups in total. The van der Waals surface area contributed by atoms with E-state index in [9.17, 15) is 0 Å². The van der Waals surface area contributed by atoms with Crippen LogP contribution in [-0.4, -0.2) is 36.6 Å². The lowest BCUT2D eigenvalue weighted by molar-refractivity contribution is 0.108. The summed E-state index contributed by atoms with van der Waals surface area (Å²) in [5, 5.41) is 3.54. The molecule has 0 saturated carbocycles. The van der Waals surface area contributed by atoms with Gasteiger partial charge >= 0.3 is 0 Å². The number of hydrogen-bond acceptors (Lipinski definition) is 2. The molecule has 0 aromatic rings. The molecule has 2 nitrogen and oxygen atoms in total. The van der Waals surface area contributed by atoms with Gasteiger partial charge in [0.15, 0.2) is 0 Å². The molecule has 1 fully saturated rings. The lowest BCUT2D eigenvalue weighted by Gasteiger charge is -2.39. The summed E-state index contributed by atoms with van der Waals surface area (Å²) >= 11 is 0. The van der Waals surface area contributed by atoms with Crippen molar-refractivity contribution in [2.24, 2.45) is 0 Å². The van der Waals surface area contributed by atoms with Crippen molar-refractivity contribution in [3.63, 3.8) is 0 Å². The molecule has 0 aromatic heterocycles. The van der Waals surface area contributed by atoms with Gasteiger partial charge in [0.25, 0.3) is 0 Å². The summed E-state index contributed by atoms with van der Waals surface area (Å²) in [6.45, 7) is 10.6. The van der Waals surface area contributed by atoms with E-state index in [1.54, 1.807) is 0 Å².